The monoisotopic (exact) mass is 412 g/mol. The van der Waals surface area contributed by atoms with Crippen molar-refractivity contribution in [1.29, 1.82) is 0 Å². The topological polar surface area (TPSA) is 26.3 Å². The van der Waals surface area contributed by atoms with Crippen molar-refractivity contribution in [3.63, 3.8) is 0 Å². The molecule has 0 fully saturated rings. The number of halogens is 3. The predicted octanol–water partition coefficient (Wildman–Crippen LogP) is 4.16. The Bertz CT molecular complexity index is 391. The zero-order valence-corrected chi connectivity index (χ0v) is 13.5. The lowest BCUT2D eigenvalue weighted by molar-refractivity contribution is 0.0599. The summed E-state index contributed by atoms with van der Waals surface area (Å²) in [4.78, 5) is 11.6. The van der Waals surface area contributed by atoms with E-state index in [1.54, 1.807) is 0 Å². The van der Waals surface area contributed by atoms with Gasteiger partial charge in [0.2, 0.25) is 0 Å². The maximum Gasteiger partial charge on any atom is 0.338 e. The van der Waals surface area contributed by atoms with E-state index in [2.05, 4.69) is 47.8 Å². The van der Waals surface area contributed by atoms with Crippen LogP contribution in [0.25, 0.3) is 0 Å². The molecule has 0 atom stereocenters. The minimum atomic E-state index is -0.294. The number of hydrogen-bond donors (Lipinski definition) is 0. The summed E-state index contributed by atoms with van der Waals surface area (Å²) in [5.41, 5.74) is 3.85. The Labute approximate surface area is 120 Å². The molecule has 0 saturated heterocycles. The molecule has 0 aromatic heterocycles. The Kier molecular flexibility index (Phi) is 6.00. The van der Waals surface area contributed by atoms with Gasteiger partial charge < -0.3 is 4.74 Å². The number of ether oxygens (including phenoxy) is 1. The minimum absolute atomic E-state index is 0.294. The molecule has 1 rings (SSSR count). The number of rotatable bonds is 4. The molecule has 0 unspecified atom stereocenters. The number of benzene rings is 1. The number of hydrogen-bond acceptors (Lipinski definition) is 2. The third kappa shape index (κ3) is 3.08. The quantitative estimate of drug-likeness (QED) is 0.546. The van der Waals surface area contributed by atoms with Gasteiger partial charge in [-0.1, -0.05) is 53.9 Å². The van der Waals surface area contributed by atoms with Crippen molar-refractivity contribution < 1.29 is 9.53 Å². The van der Waals surface area contributed by atoms with E-state index in [4.69, 9.17) is 4.74 Å². The molecule has 88 valence electrons. The van der Waals surface area contributed by atoms with Crippen LogP contribution in [0.5, 0.6) is 0 Å². The fourth-order valence-corrected chi connectivity index (χ4v) is 2.91. The van der Waals surface area contributed by atoms with Crippen molar-refractivity contribution in [2.75, 3.05) is 7.11 Å². The number of carbonyl (C=O) groups is 1. The summed E-state index contributed by atoms with van der Waals surface area (Å²) >= 11 is 10.2. The predicted molar refractivity (Wildman–Crippen MR) is 75.7 cm³/mol. The van der Waals surface area contributed by atoms with Crippen molar-refractivity contribution in [1.82, 2.24) is 0 Å². The molecule has 2 nitrogen and oxygen atoms in total. The summed E-state index contributed by atoms with van der Waals surface area (Å²) in [5, 5.41) is 2.13. The average Bonchev–Trinajstić information content (AvgIpc) is 2.35. The molecule has 0 amide bonds. The lowest BCUT2D eigenvalue weighted by Gasteiger charge is -2.11. The van der Waals surface area contributed by atoms with Gasteiger partial charge in [0.1, 0.15) is 0 Å². The van der Waals surface area contributed by atoms with E-state index in [0.717, 1.165) is 21.8 Å². The van der Waals surface area contributed by atoms with E-state index in [0.29, 0.717) is 10.9 Å². The lowest BCUT2D eigenvalue weighted by Crippen LogP contribution is -2.07. The summed E-state index contributed by atoms with van der Waals surface area (Å²) in [6.45, 7) is 0. The number of alkyl halides is 3. The van der Waals surface area contributed by atoms with Gasteiger partial charge in [-0.2, -0.15) is 0 Å². The van der Waals surface area contributed by atoms with Crippen LogP contribution in [0.4, 0.5) is 0 Å². The zero-order chi connectivity index (χ0) is 12.1. The first-order valence-corrected chi connectivity index (χ1v) is 7.95. The van der Waals surface area contributed by atoms with Crippen LogP contribution in [0.3, 0.4) is 0 Å². The standard InChI is InChI=1S/C11H11Br3O2/c1-16-11(15)10-3-8(5-13)7(4-12)2-9(10)6-14/h2-3H,4-6H2,1H3. The van der Waals surface area contributed by atoms with Crippen LogP contribution in [0.2, 0.25) is 0 Å². The highest BCUT2D eigenvalue weighted by molar-refractivity contribution is 9.09. The largest absolute Gasteiger partial charge is 0.465 e. The summed E-state index contributed by atoms with van der Waals surface area (Å²) in [7, 11) is 1.40. The maximum atomic E-state index is 11.6. The molecule has 16 heavy (non-hydrogen) atoms. The fourth-order valence-electron chi connectivity index (χ4n) is 1.40. The van der Waals surface area contributed by atoms with Crippen molar-refractivity contribution in [3.8, 4) is 0 Å². The van der Waals surface area contributed by atoms with E-state index in [1.807, 2.05) is 12.1 Å². The first-order chi connectivity index (χ1) is 7.67. The van der Waals surface area contributed by atoms with Gasteiger partial charge >= 0.3 is 5.97 Å². The molecular formula is C11H11Br3O2. The van der Waals surface area contributed by atoms with Gasteiger partial charge in [-0.3, -0.25) is 0 Å². The Morgan fingerprint density at radius 3 is 2.00 bits per heavy atom. The Hall–Kier alpha value is 0.130. The molecule has 0 aliphatic carbocycles. The van der Waals surface area contributed by atoms with Crippen molar-refractivity contribution >= 4 is 53.8 Å². The van der Waals surface area contributed by atoms with Gasteiger partial charge in [-0.05, 0) is 22.8 Å². The number of carbonyl (C=O) groups excluding carboxylic acids is 1. The van der Waals surface area contributed by atoms with Crippen LogP contribution in [0.1, 0.15) is 27.0 Å². The second-order valence-electron chi connectivity index (χ2n) is 3.17. The van der Waals surface area contributed by atoms with Crippen LogP contribution in [-0.4, -0.2) is 13.1 Å². The van der Waals surface area contributed by atoms with E-state index < -0.39 is 0 Å². The molecule has 0 saturated carbocycles. The molecule has 5 heteroatoms. The van der Waals surface area contributed by atoms with Gasteiger partial charge in [0, 0.05) is 16.0 Å². The van der Waals surface area contributed by atoms with Gasteiger partial charge in [-0.15, -0.1) is 0 Å². The highest BCUT2D eigenvalue weighted by atomic mass is 79.9. The second-order valence-corrected chi connectivity index (χ2v) is 4.85. The SMILES string of the molecule is COC(=O)c1cc(CBr)c(CBr)cc1CBr. The third-order valence-corrected chi connectivity index (χ3v) is 4.07. The first kappa shape index (κ1) is 14.2. The minimum Gasteiger partial charge on any atom is -0.465 e. The van der Waals surface area contributed by atoms with E-state index in [-0.39, 0.29) is 5.97 Å². The van der Waals surface area contributed by atoms with Gasteiger partial charge in [0.25, 0.3) is 0 Å². The van der Waals surface area contributed by atoms with Crippen molar-refractivity contribution in [3.05, 3.63) is 34.4 Å². The molecule has 0 radical (unpaired) electrons. The summed E-state index contributed by atoms with van der Waals surface area (Å²) in [5.74, 6) is -0.294. The molecule has 1 aromatic carbocycles. The van der Waals surface area contributed by atoms with Gasteiger partial charge in [0.15, 0.2) is 0 Å². The van der Waals surface area contributed by atoms with Gasteiger partial charge in [0.05, 0.1) is 12.7 Å². The zero-order valence-electron chi connectivity index (χ0n) is 8.73. The summed E-state index contributed by atoms with van der Waals surface area (Å²) in [6.07, 6.45) is 0. The van der Waals surface area contributed by atoms with Crippen LogP contribution >= 0.6 is 47.8 Å². The summed E-state index contributed by atoms with van der Waals surface area (Å²) in [6, 6.07) is 3.90. The maximum absolute atomic E-state index is 11.6. The highest BCUT2D eigenvalue weighted by Gasteiger charge is 2.14. The first-order valence-electron chi connectivity index (χ1n) is 4.58. The van der Waals surface area contributed by atoms with Crippen LogP contribution in [0, 0.1) is 0 Å². The molecule has 0 aliphatic heterocycles. The molecule has 1 aromatic rings. The molecule has 0 N–H and O–H groups in total. The Morgan fingerprint density at radius 2 is 1.56 bits per heavy atom. The summed E-state index contributed by atoms with van der Waals surface area (Å²) < 4.78 is 4.76. The highest BCUT2D eigenvalue weighted by Crippen LogP contribution is 2.24. The lowest BCUT2D eigenvalue weighted by atomic mass is 10.0. The van der Waals surface area contributed by atoms with Crippen molar-refractivity contribution in [2.24, 2.45) is 0 Å². The normalized spacial score (nSPS) is 10.2. The van der Waals surface area contributed by atoms with E-state index >= 15 is 0 Å². The van der Waals surface area contributed by atoms with Crippen LogP contribution in [-0.2, 0) is 20.7 Å². The van der Waals surface area contributed by atoms with Crippen LogP contribution in [0.15, 0.2) is 12.1 Å². The van der Waals surface area contributed by atoms with Gasteiger partial charge in [-0.25, -0.2) is 4.79 Å². The smallest absolute Gasteiger partial charge is 0.338 e. The second kappa shape index (κ2) is 6.77. The number of methoxy groups -OCH3 is 1. The molecule has 0 spiro atoms. The van der Waals surface area contributed by atoms with Crippen LogP contribution < -0.4 is 0 Å². The number of esters is 1. The fraction of sp³-hybridized carbons (Fsp3) is 0.364. The molecule has 0 bridgehead atoms. The molecule has 0 aliphatic rings. The van der Waals surface area contributed by atoms with Crippen molar-refractivity contribution in [2.45, 2.75) is 16.0 Å². The Balaban J connectivity index is 3.31. The molecule has 0 heterocycles. The van der Waals surface area contributed by atoms with E-state index in [9.17, 15) is 4.79 Å². The third-order valence-electron chi connectivity index (χ3n) is 2.26. The average molecular weight is 415 g/mol. The van der Waals surface area contributed by atoms with E-state index in [1.165, 1.54) is 12.7 Å². The Morgan fingerprint density at radius 1 is 1.06 bits per heavy atom. The molecular weight excluding hydrogens is 404 g/mol.